The van der Waals surface area contributed by atoms with Gasteiger partial charge in [-0.15, -0.1) is 6.42 Å². The third-order valence-corrected chi connectivity index (χ3v) is 2.59. The number of aromatic nitrogens is 2. The second kappa shape index (κ2) is 4.42. The predicted octanol–water partition coefficient (Wildman–Crippen LogP) is 0.162. The summed E-state index contributed by atoms with van der Waals surface area (Å²) in [6.07, 6.45) is 8.08. The van der Waals surface area contributed by atoms with E-state index < -0.39 is 10.4 Å². The Hall–Kier alpha value is -1.39. The van der Waals surface area contributed by atoms with Gasteiger partial charge in [-0.2, -0.15) is 17.8 Å². The van der Waals surface area contributed by atoms with Gasteiger partial charge in [-0.1, -0.05) is 9.81 Å². The monoisotopic (exact) mass is 231 g/mol. The molecule has 0 radical (unpaired) electrons. The Morgan fingerprint density at radius 2 is 2.40 bits per heavy atom. The van der Waals surface area contributed by atoms with Crippen molar-refractivity contribution in [3.05, 3.63) is 18.0 Å². The lowest BCUT2D eigenvalue weighted by Crippen LogP contribution is -2.21. The molecule has 0 aromatic carbocycles. The molecule has 0 saturated heterocycles. The van der Waals surface area contributed by atoms with Crippen molar-refractivity contribution >= 4 is 10.4 Å². The van der Waals surface area contributed by atoms with Gasteiger partial charge in [-0.25, -0.2) is 0 Å². The maximum absolute atomic E-state index is 12.5. The van der Waals surface area contributed by atoms with E-state index in [-0.39, 0.29) is 6.54 Å². The molecular formula is C8H10FN3O2S. The van der Waals surface area contributed by atoms with E-state index in [4.69, 9.17) is 6.42 Å². The zero-order valence-electron chi connectivity index (χ0n) is 8.09. The smallest absolute Gasteiger partial charge is 0.260 e. The van der Waals surface area contributed by atoms with E-state index in [0.29, 0.717) is 16.4 Å². The first kappa shape index (κ1) is 11.7. The van der Waals surface area contributed by atoms with E-state index >= 15 is 0 Å². The average molecular weight is 231 g/mol. The Morgan fingerprint density at radius 1 is 1.73 bits per heavy atom. The molecule has 1 heterocycles. The number of halogens is 1. The second-order valence-corrected chi connectivity index (χ2v) is 4.40. The molecule has 0 aliphatic heterocycles. The van der Waals surface area contributed by atoms with Crippen LogP contribution in [0.4, 0.5) is 3.89 Å². The first-order valence-electron chi connectivity index (χ1n) is 4.04. The molecular weight excluding hydrogens is 221 g/mol. The van der Waals surface area contributed by atoms with Crippen molar-refractivity contribution in [1.82, 2.24) is 14.1 Å². The van der Waals surface area contributed by atoms with Gasteiger partial charge >= 0.3 is 10.4 Å². The van der Waals surface area contributed by atoms with Crippen molar-refractivity contribution in [2.24, 2.45) is 0 Å². The van der Waals surface area contributed by atoms with Crippen molar-refractivity contribution in [2.75, 3.05) is 7.05 Å². The first-order chi connectivity index (χ1) is 6.93. The molecule has 15 heavy (non-hydrogen) atoms. The van der Waals surface area contributed by atoms with Crippen molar-refractivity contribution in [2.45, 2.75) is 13.1 Å². The molecule has 0 fully saturated rings. The van der Waals surface area contributed by atoms with Gasteiger partial charge in [-0.3, -0.25) is 4.68 Å². The summed E-state index contributed by atoms with van der Waals surface area (Å²) in [5.74, 6) is 2.38. The van der Waals surface area contributed by atoms with Gasteiger partial charge in [0.25, 0.3) is 0 Å². The molecule has 5 nitrogen and oxygen atoms in total. The summed E-state index contributed by atoms with van der Waals surface area (Å²) in [7, 11) is -3.50. The first-order valence-corrected chi connectivity index (χ1v) is 5.38. The molecule has 0 aliphatic rings. The predicted molar refractivity (Wildman–Crippen MR) is 52.6 cm³/mol. The molecule has 1 aromatic rings. The van der Waals surface area contributed by atoms with Gasteiger partial charge in [0.15, 0.2) is 0 Å². The minimum atomic E-state index is -4.65. The van der Waals surface area contributed by atoms with Crippen LogP contribution in [0.2, 0.25) is 0 Å². The van der Waals surface area contributed by atoms with E-state index in [2.05, 4.69) is 11.0 Å². The molecule has 0 amide bonds. The van der Waals surface area contributed by atoms with Crippen LogP contribution in [0.1, 0.15) is 5.56 Å². The summed E-state index contributed by atoms with van der Waals surface area (Å²) in [5.41, 5.74) is 0.578. The summed E-state index contributed by atoms with van der Waals surface area (Å²) in [4.78, 5) is 0. The third kappa shape index (κ3) is 3.34. The van der Waals surface area contributed by atoms with Crippen LogP contribution in [-0.2, 0) is 23.5 Å². The Morgan fingerprint density at radius 3 is 2.93 bits per heavy atom. The molecule has 0 unspecified atom stereocenters. The van der Waals surface area contributed by atoms with E-state index in [1.165, 1.54) is 10.9 Å². The maximum atomic E-state index is 12.5. The van der Waals surface area contributed by atoms with E-state index in [9.17, 15) is 12.3 Å². The number of terminal acetylenes is 1. The van der Waals surface area contributed by atoms with Gasteiger partial charge in [0, 0.05) is 25.4 Å². The maximum Gasteiger partial charge on any atom is 0.374 e. The van der Waals surface area contributed by atoms with E-state index in [0.717, 1.165) is 7.05 Å². The minimum Gasteiger partial charge on any atom is -0.260 e. The third-order valence-electron chi connectivity index (χ3n) is 1.72. The van der Waals surface area contributed by atoms with Crippen molar-refractivity contribution < 1.29 is 12.3 Å². The summed E-state index contributed by atoms with van der Waals surface area (Å²) in [6, 6.07) is 0. The molecule has 0 atom stereocenters. The number of hydrogen-bond acceptors (Lipinski definition) is 3. The highest BCUT2D eigenvalue weighted by atomic mass is 32.3. The lowest BCUT2D eigenvalue weighted by atomic mass is 10.4. The van der Waals surface area contributed by atoms with E-state index in [1.807, 2.05) is 0 Å². The normalized spacial score (nSPS) is 11.6. The fraction of sp³-hybridized carbons (Fsp3) is 0.375. The lowest BCUT2D eigenvalue weighted by Gasteiger charge is -2.08. The van der Waals surface area contributed by atoms with Gasteiger partial charge in [-0.05, 0) is 0 Å². The van der Waals surface area contributed by atoms with Crippen LogP contribution in [-0.4, -0.2) is 29.6 Å². The van der Waals surface area contributed by atoms with Crippen LogP contribution >= 0.6 is 0 Å². The minimum absolute atomic E-state index is 0.0661. The molecule has 0 aliphatic carbocycles. The molecule has 1 rings (SSSR count). The molecule has 7 heteroatoms. The Balaban J connectivity index is 2.70. The summed E-state index contributed by atoms with van der Waals surface area (Å²) < 4.78 is 35.5. The second-order valence-electron chi connectivity index (χ2n) is 2.95. The van der Waals surface area contributed by atoms with Crippen LogP contribution in [0, 0.1) is 12.3 Å². The highest BCUT2D eigenvalue weighted by Gasteiger charge is 2.16. The SMILES string of the molecule is C#CCn1cc(CN(C)S(=O)(=O)F)cn1. The van der Waals surface area contributed by atoms with Crippen LogP contribution in [0.3, 0.4) is 0 Å². The molecule has 82 valence electrons. The summed E-state index contributed by atoms with van der Waals surface area (Å²) in [6.45, 7) is 0.232. The zero-order chi connectivity index (χ0) is 11.5. The lowest BCUT2D eigenvalue weighted by molar-refractivity contribution is 0.429. The van der Waals surface area contributed by atoms with Crippen molar-refractivity contribution in [3.63, 3.8) is 0 Å². The number of hydrogen-bond donors (Lipinski definition) is 0. The standard InChI is InChI=1S/C8H10FN3O2S/c1-3-4-12-7-8(5-10-12)6-11(2)15(9,13)14/h1,5,7H,4,6H2,2H3. The fourth-order valence-electron chi connectivity index (χ4n) is 1.00. The largest absolute Gasteiger partial charge is 0.374 e. The Kier molecular flexibility index (Phi) is 3.44. The number of rotatable bonds is 4. The zero-order valence-corrected chi connectivity index (χ0v) is 8.91. The Bertz CT molecular complexity index is 474. The fourth-order valence-corrected chi connectivity index (χ4v) is 1.31. The Labute approximate surface area is 87.8 Å². The van der Waals surface area contributed by atoms with E-state index in [1.54, 1.807) is 6.20 Å². The molecule has 0 saturated carbocycles. The van der Waals surface area contributed by atoms with Gasteiger partial charge in [0.1, 0.15) is 6.54 Å². The topological polar surface area (TPSA) is 55.2 Å². The van der Waals surface area contributed by atoms with Crippen molar-refractivity contribution in [3.8, 4) is 12.3 Å². The number of nitrogens with zero attached hydrogens (tertiary/aromatic N) is 3. The van der Waals surface area contributed by atoms with Gasteiger partial charge in [0.2, 0.25) is 0 Å². The van der Waals surface area contributed by atoms with Crippen molar-refractivity contribution in [1.29, 1.82) is 0 Å². The molecule has 0 bridgehead atoms. The van der Waals surface area contributed by atoms with Crippen LogP contribution in [0.25, 0.3) is 0 Å². The summed E-state index contributed by atoms with van der Waals surface area (Å²) in [5, 5.41) is 3.87. The highest BCUT2D eigenvalue weighted by molar-refractivity contribution is 7.83. The molecule has 1 aromatic heterocycles. The van der Waals surface area contributed by atoms with Gasteiger partial charge < -0.3 is 0 Å². The average Bonchev–Trinajstić information content (AvgIpc) is 2.51. The molecule has 0 spiro atoms. The summed E-state index contributed by atoms with van der Waals surface area (Å²) >= 11 is 0. The molecule has 0 N–H and O–H groups in total. The van der Waals surface area contributed by atoms with Gasteiger partial charge in [0.05, 0.1) is 6.20 Å². The quantitative estimate of drug-likeness (QED) is 0.548. The highest BCUT2D eigenvalue weighted by Crippen LogP contribution is 2.07. The van der Waals surface area contributed by atoms with Crippen LogP contribution in [0.5, 0.6) is 0 Å². The van der Waals surface area contributed by atoms with Crippen LogP contribution in [0.15, 0.2) is 12.4 Å². The van der Waals surface area contributed by atoms with Crippen LogP contribution < -0.4 is 0 Å².